The molecule has 0 bridgehead atoms. The number of nitrogens with zero attached hydrogens (tertiary/aromatic N) is 3. The van der Waals surface area contributed by atoms with Gasteiger partial charge in [-0.2, -0.15) is 5.21 Å². The molecule has 0 radical (unpaired) electrons. The lowest BCUT2D eigenvalue weighted by Crippen LogP contribution is -2.23. The number of nitrogens with one attached hydrogen (secondary N) is 3. The molecule has 18 heavy (non-hydrogen) atoms. The number of hydrogen-bond donors (Lipinski definition) is 3. The summed E-state index contributed by atoms with van der Waals surface area (Å²) in [4.78, 5) is 1.21. The average molecular weight is 288 g/mol. The van der Waals surface area contributed by atoms with Crippen LogP contribution in [0.3, 0.4) is 0 Å². The molecule has 2 aromatic rings. The van der Waals surface area contributed by atoms with Gasteiger partial charge < -0.3 is 5.32 Å². The smallest absolute Gasteiger partial charge is 0.241 e. The molecule has 2 rings (SSSR count). The van der Waals surface area contributed by atoms with Crippen LogP contribution in [0.5, 0.6) is 0 Å². The van der Waals surface area contributed by atoms with Gasteiger partial charge in [0.1, 0.15) is 0 Å². The second-order valence-corrected chi connectivity index (χ2v) is 6.19. The van der Waals surface area contributed by atoms with Crippen LogP contribution >= 0.6 is 11.3 Å². The van der Waals surface area contributed by atoms with E-state index in [1.165, 1.54) is 11.3 Å². The van der Waals surface area contributed by atoms with Crippen molar-refractivity contribution in [3.8, 4) is 0 Å². The highest BCUT2D eigenvalue weighted by molar-refractivity contribution is 7.89. The topological polar surface area (TPSA) is 113 Å². The van der Waals surface area contributed by atoms with Crippen molar-refractivity contribution in [2.24, 2.45) is 0 Å². The number of rotatable bonds is 6. The molecule has 0 amide bonds. The van der Waals surface area contributed by atoms with E-state index in [1.54, 1.807) is 11.4 Å². The Balaban J connectivity index is 2.05. The number of H-pyrrole nitrogens is 1. The van der Waals surface area contributed by atoms with Crippen LogP contribution in [0.25, 0.3) is 0 Å². The molecule has 3 N–H and O–H groups in total. The summed E-state index contributed by atoms with van der Waals surface area (Å²) in [6, 6.07) is 1.64. The molecule has 0 spiro atoms. The maximum absolute atomic E-state index is 11.9. The van der Waals surface area contributed by atoms with E-state index in [-0.39, 0.29) is 11.4 Å². The molecule has 0 aliphatic carbocycles. The predicted molar refractivity (Wildman–Crippen MR) is 65.3 cm³/mol. The monoisotopic (exact) mass is 288 g/mol. The zero-order chi connectivity index (χ0) is 13.0. The number of aromatic amines is 1. The lowest BCUT2D eigenvalue weighted by Gasteiger charge is -2.01. The van der Waals surface area contributed by atoms with Crippen LogP contribution in [-0.2, 0) is 23.1 Å². The minimum absolute atomic E-state index is 0.00996. The molecule has 8 nitrogen and oxygen atoms in total. The summed E-state index contributed by atoms with van der Waals surface area (Å²) in [5.74, 6) is 0.296. The molecule has 2 heterocycles. The van der Waals surface area contributed by atoms with E-state index < -0.39 is 10.0 Å². The van der Waals surface area contributed by atoms with E-state index >= 15 is 0 Å². The van der Waals surface area contributed by atoms with Crippen LogP contribution < -0.4 is 10.0 Å². The Bertz CT molecular complexity index is 591. The molecule has 2 aromatic heterocycles. The van der Waals surface area contributed by atoms with Gasteiger partial charge in [0.05, 0.1) is 11.4 Å². The van der Waals surface area contributed by atoms with Gasteiger partial charge >= 0.3 is 0 Å². The van der Waals surface area contributed by atoms with Gasteiger partial charge in [-0.15, -0.1) is 21.5 Å². The molecule has 0 saturated heterocycles. The Labute approximate surface area is 108 Å². The number of hydrogen-bond acceptors (Lipinski definition) is 7. The molecule has 0 unspecified atom stereocenters. The van der Waals surface area contributed by atoms with Crippen LogP contribution in [0.1, 0.15) is 10.7 Å². The lowest BCUT2D eigenvalue weighted by molar-refractivity contribution is 0.579. The predicted octanol–water partition coefficient (Wildman–Crippen LogP) is -0.541. The van der Waals surface area contributed by atoms with E-state index in [2.05, 4.69) is 30.7 Å². The van der Waals surface area contributed by atoms with Crippen LogP contribution in [0.2, 0.25) is 0 Å². The summed E-state index contributed by atoms with van der Waals surface area (Å²) in [5.41, 5.74) is 0. The zero-order valence-electron chi connectivity index (χ0n) is 9.54. The van der Waals surface area contributed by atoms with E-state index in [1.807, 2.05) is 7.05 Å². The highest BCUT2D eigenvalue weighted by Gasteiger charge is 2.16. The maximum atomic E-state index is 11.9. The fraction of sp³-hybridized carbons (Fsp3) is 0.375. The van der Waals surface area contributed by atoms with Crippen molar-refractivity contribution < 1.29 is 8.42 Å². The third kappa shape index (κ3) is 3.10. The fourth-order valence-electron chi connectivity index (χ4n) is 1.27. The minimum atomic E-state index is -3.52. The third-order valence-corrected chi connectivity index (χ3v) is 4.57. The zero-order valence-corrected chi connectivity index (χ0v) is 11.2. The summed E-state index contributed by atoms with van der Waals surface area (Å²) >= 11 is 1.39. The van der Waals surface area contributed by atoms with Crippen molar-refractivity contribution >= 4 is 21.4 Å². The Morgan fingerprint density at radius 1 is 1.44 bits per heavy atom. The van der Waals surface area contributed by atoms with Gasteiger partial charge in [-0.3, -0.25) is 0 Å². The van der Waals surface area contributed by atoms with Crippen molar-refractivity contribution in [1.82, 2.24) is 30.7 Å². The number of sulfonamides is 1. The number of tetrazole rings is 1. The van der Waals surface area contributed by atoms with Gasteiger partial charge in [0, 0.05) is 16.8 Å². The first-order chi connectivity index (χ1) is 8.62. The highest BCUT2D eigenvalue weighted by Crippen LogP contribution is 2.19. The number of aromatic nitrogens is 4. The molecule has 0 aliphatic heterocycles. The van der Waals surface area contributed by atoms with E-state index in [0.29, 0.717) is 12.4 Å². The number of thiophene rings is 1. The van der Waals surface area contributed by atoms with Crippen LogP contribution in [-0.4, -0.2) is 36.1 Å². The first kappa shape index (κ1) is 13.1. The van der Waals surface area contributed by atoms with E-state index in [4.69, 9.17) is 0 Å². The van der Waals surface area contributed by atoms with Gasteiger partial charge in [-0.05, 0) is 13.1 Å². The van der Waals surface area contributed by atoms with Crippen molar-refractivity contribution in [3.05, 3.63) is 22.1 Å². The van der Waals surface area contributed by atoms with Crippen molar-refractivity contribution in [3.63, 3.8) is 0 Å². The van der Waals surface area contributed by atoms with Crippen LogP contribution in [0.15, 0.2) is 16.3 Å². The van der Waals surface area contributed by atoms with Crippen LogP contribution in [0.4, 0.5) is 0 Å². The Morgan fingerprint density at radius 2 is 2.28 bits per heavy atom. The fourth-order valence-corrected chi connectivity index (χ4v) is 3.54. The standard InChI is InChI=1S/C8H12N6O2S2/c1-9-3-6-2-7(5-17-6)18(15,16)10-4-8-11-13-14-12-8/h2,5,9-10H,3-4H2,1H3,(H,11,12,13,14). The van der Waals surface area contributed by atoms with E-state index in [0.717, 1.165) is 4.88 Å². The van der Waals surface area contributed by atoms with Gasteiger partial charge in [0.15, 0.2) is 5.82 Å². The average Bonchev–Trinajstić information content (AvgIpc) is 2.98. The highest BCUT2D eigenvalue weighted by atomic mass is 32.2. The lowest BCUT2D eigenvalue weighted by atomic mass is 10.5. The van der Waals surface area contributed by atoms with Crippen molar-refractivity contribution in [2.75, 3.05) is 7.05 Å². The Hall–Kier alpha value is -1.36. The largest absolute Gasteiger partial charge is 0.315 e. The summed E-state index contributed by atoms with van der Waals surface area (Å²) in [7, 11) is -1.71. The summed E-state index contributed by atoms with van der Waals surface area (Å²) in [6.45, 7) is 0.654. The molecule has 0 saturated carbocycles. The first-order valence-electron chi connectivity index (χ1n) is 5.06. The SMILES string of the molecule is CNCc1cc(S(=O)(=O)NCc2nn[nH]n2)cs1. The molecule has 0 aliphatic rings. The van der Waals surface area contributed by atoms with Crippen LogP contribution in [0, 0.1) is 0 Å². The minimum Gasteiger partial charge on any atom is -0.315 e. The van der Waals surface area contributed by atoms with E-state index in [9.17, 15) is 8.42 Å². The molecule has 98 valence electrons. The summed E-state index contributed by atoms with van der Waals surface area (Å²) in [5, 5.41) is 17.5. The summed E-state index contributed by atoms with van der Waals surface area (Å²) < 4.78 is 26.3. The second-order valence-electron chi connectivity index (χ2n) is 3.43. The Kier molecular flexibility index (Phi) is 4.01. The molecule has 0 fully saturated rings. The normalized spacial score (nSPS) is 11.8. The molecular weight excluding hydrogens is 276 g/mol. The quantitative estimate of drug-likeness (QED) is 0.658. The molecule has 0 atom stereocenters. The third-order valence-electron chi connectivity index (χ3n) is 2.10. The van der Waals surface area contributed by atoms with Crippen molar-refractivity contribution in [2.45, 2.75) is 18.0 Å². The van der Waals surface area contributed by atoms with Gasteiger partial charge in [-0.25, -0.2) is 13.1 Å². The van der Waals surface area contributed by atoms with Gasteiger partial charge in [-0.1, -0.05) is 5.21 Å². The first-order valence-corrected chi connectivity index (χ1v) is 7.42. The van der Waals surface area contributed by atoms with Crippen molar-refractivity contribution in [1.29, 1.82) is 0 Å². The Morgan fingerprint density at radius 3 is 2.94 bits per heavy atom. The van der Waals surface area contributed by atoms with Gasteiger partial charge in [0.25, 0.3) is 0 Å². The second kappa shape index (κ2) is 5.52. The summed E-state index contributed by atoms with van der Waals surface area (Å²) in [6.07, 6.45) is 0. The van der Waals surface area contributed by atoms with Gasteiger partial charge in [0.2, 0.25) is 10.0 Å². The molecule has 0 aromatic carbocycles. The maximum Gasteiger partial charge on any atom is 0.241 e. The molecule has 10 heteroatoms. The molecular formula is C8H12N6O2S2.